The normalized spacial score (nSPS) is 52.4. The van der Waals surface area contributed by atoms with Gasteiger partial charge in [0.25, 0.3) is 5.85 Å². The molecule has 1 aliphatic heterocycles. The summed E-state index contributed by atoms with van der Waals surface area (Å²) in [5, 5.41) is 0. The van der Waals surface area contributed by atoms with Gasteiger partial charge in [-0.1, -0.05) is 29.8 Å². The van der Waals surface area contributed by atoms with Crippen molar-refractivity contribution >= 4 is 21.9 Å². The minimum absolute atomic E-state index is 0.0729. The van der Waals surface area contributed by atoms with E-state index < -0.39 is 11.8 Å². The van der Waals surface area contributed by atoms with Gasteiger partial charge in [0.05, 0.1) is 10.7 Å². The Morgan fingerprint density at radius 2 is 2.00 bits per heavy atom. The van der Waals surface area contributed by atoms with Crippen LogP contribution >= 0.6 is 15.9 Å². The summed E-state index contributed by atoms with van der Waals surface area (Å²) < 4.78 is 18.4. The molecule has 0 aromatic rings. The second-order valence-corrected chi connectivity index (χ2v) is 5.62. The number of ether oxygens (including phenoxy) is 1. The van der Waals surface area contributed by atoms with Crippen LogP contribution in [0.25, 0.3) is 0 Å². The first-order chi connectivity index (χ1) is 5.78. The molecule has 2 rings (SSSR count). The molecule has 74 valence electrons. The highest BCUT2D eigenvalue weighted by Crippen LogP contribution is 2.66. The van der Waals surface area contributed by atoms with Crippen LogP contribution in [0.15, 0.2) is 0 Å². The molecule has 4 atom stereocenters. The molecular weight excluding hydrogens is 239 g/mol. The maximum absolute atomic E-state index is 13.6. The van der Waals surface area contributed by atoms with E-state index in [1.54, 1.807) is 0 Å². The topological polar surface area (TPSA) is 26.3 Å². The summed E-state index contributed by atoms with van der Waals surface area (Å²) >= 11 is 3.27. The van der Waals surface area contributed by atoms with Crippen molar-refractivity contribution in [3.63, 3.8) is 0 Å². The van der Waals surface area contributed by atoms with E-state index in [9.17, 15) is 9.18 Å². The molecule has 2 aliphatic rings. The Bertz CT molecular complexity index is 275. The van der Waals surface area contributed by atoms with E-state index in [1.165, 1.54) is 6.92 Å². The lowest BCUT2D eigenvalue weighted by molar-refractivity contribution is -0.187. The number of esters is 1. The third kappa shape index (κ3) is 1.07. The largest absolute Gasteiger partial charge is 0.427 e. The van der Waals surface area contributed by atoms with E-state index >= 15 is 0 Å². The lowest BCUT2D eigenvalue weighted by Gasteiger charge is -2.29. The van der Waals surface area contributed by atoms with Gasteiger partial charge in [0.2, 0.25) is 0 Å². The quantitative estimate of drug-likeness (QED) is 0.487. The van der Waals surface area contributed by atoms with Crippen LogP contribution in [0, 0.1) is 17.3 Å². The van der Waals surface area contributed by atoms with Gasteiger partial charge in [-0.15, -0.1) is 0 Å². The third-order valence-corrected chi connectivity index (χ3v) is 4.66. The number of cyclic esters (lactones) is 1. The smallest absolute Gasteiger partial charge is 0.312 e. The predicted molar refractivity (Wildman–Crippen MR) is 49.1 cm³/mol. The van der Waals surface area contributed by atoms with Crippen LogP contribution in [0.3, 0.4) is 0 Å². The monoisotopic (exact) mass is 250 g/mol. The van der Waals surface area contributed by atoms with Gasteiger partial charge in [0.15, 0.2) is 0 Å². The number of halogens is 2. The molecule has 1 aliphatic carbocycles. The van der Waals surface area contributed by atoms with Crippen molar-refractivity contribution in [3.05, 3.63) is 0 Å². The van der Waals surface area contributed by atoms with Gasteiger partial charge in [-0.2, -0.15) is 4.39 Å². The van der Waals surface area contributed by atoms with E-state index in [2.05, 4.69) is 15.9 Å². The maximum Gasteiger partial charge on any atom is 0.312 e. The molecule has 0 spiro atoms. The first kappa shape index (κ1) is 9.44. The zero-order valence-corrected chi connectivity index (χ0v) is 9.39. The fraction of sp³-hybridized carbons (Fsp3) is 0.889. The summed E-state index contributed by atoms with van der Waals surface area (Å²) in [6, 6.07) is 0. The molecular formula is C9H12BrFO2. The highest BCUT2D eigenvalue weighted by atomic mass is 79.9. The summed E-state index contributed by atoms with van der Waals surface area (Å²) in [5.74, 6) is -2.30. The summed E-state index contributed by atoms with van der Waals surface area (Å²) in [5.41, 5.74) is -0.116. The van der Waals surface area contributed by atoms with E-state index in [-0.39, 0.29) is 22.1 Å². The average Bonchev–Trinajstić information content (AvgIpc) is 2.49. The Labute approximate surface area is 85.0 Å². The van der Waals surface area contributed by atoms with Crippen molar-refractivity contribution in [3.8, 4) is 0 Å². The van der Waals surface area contributed by atoms with Gasteiger partial charge >= 0.3 is 5.97 Å². The number of hydrogen-bond donors (Lipinski definition) is 0. The van der Waals surface area contributed by atoms with Gasteiger partial charge in [-0.3, -0.25) is 4.79 Å². The van der Waals surface area contributed by atoms with Gasteiger partial charge in [-0.25, -0.2) is 0 Å². The molecule has 2 fully saturated rings. The van der Waals surface area contributed by atoms with Crippen molar-refractivity contribution in [2.24, 2.45) is 17.3 Å². The zero-order chi connectivity index (χ0) is 10.0. The molecule has 1 saturated heterocycles. The van der Waals surface area contributed by atoms with Crippen LogP contribution in [0.5, 0.6) is 0 Å². The molecule has 2 nitrogen and oxygen atoms in total. The number of alkyl halides is 2. The van der Waals surface area contributed by atoms with Crippen LogP contribution in [-0.2, 0) is 9.53 Å². The fourth-order valence-electron chi connectivity index (χ4n) is 2.31. The Morgan fingerprint density at radius 3 is 2.54 bits per heavy atom. The molecule has 0 bridgehead atoms. The molecule has 0 amide bonds. The highest BCUT2D eigenvalue weighted by Gasteiger charge is 2.72. The van der Waals surface area contributed by atoms with Crippen molar-refractivity contribution in [2.75, 3.05) is 0 Å². The first-order valence-corrected chi connectivity index (χ1v) is 5.26. The minimum atomic E-state index is -1.86. The van der Waals surface area contributed by atoms with Crippen molar-refractivity contribution in [2.45, 2.75) is 31.5 Å². The highest BCUT2D eigenvalue weighted by molar-refractivity contribution is 9.09. The molecule has 0 aromatic carbocycles. The number of hydrogen-bond acceptors (Lipinski definition) is 2. The summed E-state index contributed by atoms with van der Waals surface area (Å²) in [6.45, 7) is 5.24. The predicted octanol–water partition coefficient (Wildman–Crippen LogP) is 2.26. The van der Waals surface area contributed by atoms with Crippen LogP contribution in [0.2, 0.25) is 0 Å². The minimum Gasteiger partial charge on any atom is -0.427 e. The van der Waals surface area contributed by atoms with Crippen LogP contribution in [0.1, 0.15) is 20.8 Å². The van der Waals surface area contributed by atoms with E-state index in [4.69, 9.17) is 4.74 Å². The molecule has 1 heterocycles. The summed E-state index contributed by atoms with van der Waals surface area (Å²) in [7, 11) is 0. The van der Waals surface area contributed by atoms with Crippen molar-refractivity contribution in [1.29, 1.82) is 0 Å². The number of carbonyl (C=O) groups is 1. The SMILES string of the molecule is CC1(C)[C@@H]2[C@H]1C(=O)O[C@@](C)(F)[C@@H]2Br. The van der Waals surface area contributed by atoms with E-state index in [0.717, 1.165) is 0 Å². The second-order valence-electron chi connectivity index (χ2n) is 4.63. The summed E-state index contributed by atoms with van der Waals surface area (Å²) in [6.07, 6.45) is 0. The molecule has 0 N–H and O–H groups in total. The maximum atomic E-state index is 13.6. The molecule has 1 saturated carbocycles. The molecule has 0 aromatic heterocycles. The van der Waals surface area contributed by atoms with Crippen LogP contribution < -0.4 is 0 Å². The van der Waals surface area contributed by atoms with E-state index in [1.807, 2.05) is 13.8 Å². The molecule has 4 heteroatoms. The molecule has 0 unspecified atom stereocenters. The van der Waals surface area contributed by atoms with Crippen molar-refractivity contribution in [1.82, 2.24) is 0 Å². The number of fused-ring (bicyclic) bond motifs is 1. The van der Waals surface area contributed by atoms with Gasteiger partial charge in [-0.05, 0) is 11.3 Å². The van der Waals surface area contributed by atoms with E-state index in [0.29, 0.717) is 0 Å². The van der Waals surface area contributed by atoms with Gasteiger partial charge in [0.1, 0.15) is 0 Å². The molecule has 13 heavy (non-hydrogen) atoms. The second kappa shape index (κ2) is 2.27. The Kier molecular flexibility index (Phi) is 1.65. The lowest BCUT2D eigenvalue weighted by Crippen LogP contribution is -2.42. The van der Waals surface area contributed by atoms with Crippen LogP contribution in [-0.4, -0.2) is 16.7 Å². The van der Waals surface area contributed by atoms with Crippen LogP contribution in [0.4, 0.5) is 4.39 Å². The Hall–Kier alpha value is -0.120. The summed E-state index contributed by atoms with van der Waals surface area (Å²) in [4.78, 5) is 11.0. The molecule has 0 radical (unpaired) electrons. The first-order valence-electron chi connectivity index (χ1n) is 4.34. The zero-order valence-electron chi connectivity index (χ0n) is 7.80. The lowest BCUT2D eigenvalue weighted by atomic mass is 10.0. The third-order valence-electron chi connectivity index (χ3n) is 3.27. The number of rotatable bonds is 0. The Balaban J connectivity index is 2.30. The fourth-order valence-corrected chi connectivity index (χ4v) is 3.39. The standard InChI is InChI=1S/C9H12BrFO2/c1-8(2)4-5(8)7(12)13-9(3,11)6(4)10/h4-6H,1-3H3/t4-,5+,6-,9-/m1/s1. The number of carbonyl (C=O) groups excluding carboxylic acids is 1. The average molecular weight is 251 g/mol. The van der Waals surface area contributed by atoms with Gasteiger partial charge in [0, 0.05) is 6.92 Å². The Morgan fingerprint density at radius 1 is 1.46 bits per heavy atom. The van der Waals surface area contributed by atoms with Gasteiger partial charge < -0.3 is 4.74 Å². The van der Waals surface area contributed by atoms with Crippen molar-refractivity contribution < 1.29 is 13.9 Å².